The van der Waals surface area contributed by atoms with Gasteiger partial charge in [0.15, 0.2) is 0 Å². The Hall–Kier alpha value is -0.800. The first-order valence-corrected chi connectivity index (χ1v) is 5.67. The van der Waals surface area contributed by atoms with E-state index in [1.807, 2.05) is 12.1 Å². The molecule has 1 aliphatic rings. The molecule has 0 aromatic carbocycles. The van der Waals surface area contributed by atoms with Crippen molar-refractivity contribution >= 4 is 0 Å². The molecule has 1 saturated carbocycles. The molecule has 1 aromatic rings. The molecule has 0 aliphatic heterocycles. The molecule has 0 spiro atoms. The van der Waals surface area contributed by atoms with Crippen LogP contribution in [0.15, 0.2) is 22.8 Å². The van der Waals surface area contributed by atoms with E-state index in [1.165, 1.54) is 12.8 Å². The van der Waals surface area contributed by atoms with E-state index in [1.54, 1.807) is 6.26 Å². The molecule has 1 fully saturated rings. The number of hydrogen-bond acceptors (Lipinski definition) is 3. The second-order valence-electron chi connectivity index (χ2n) is 4.58. The lowest BCUT2D eigenvalue weighted by Gasteiger charge is -2.24. The number of rotatable bonds is 6. The maximum absolute atomic E-state index is 5.28. The van der Waals surface area contributed by atoms with Gasteiger partial charge in [-0.05, 0) is 45.0 Å². The number of nitrogens with zero attached hydrogens (tertiary/aromatic N) is 1. The highest BCUT2D eigenvalue weighted by Gasteiger charge is 2.31. The first-order chi connectivity index (χ1) is 7.27. The van der Waals surface area contributed by atoms with Gasteiger partial charge in [-0.15, -0.1) is 0 Å². The molecule has 0 saturated heterocycles. The van der Waals surface area contributed by atoms with Gasteiger partial charge >= 0.3 is 0 Å². The fourth-order valence-corrected chi connectivity index (χ4v) is 2.01. The Kier molecular flexibility index (Phi) is 3.44. The molecule has 0 radical (unpaired) electrons. The predicted molar refractivity (Wildman–Crippen MR) is 60.6 cm³/mol. The lowest BCUT2D eigenvalue weighted by atomic mass is 10.1. The average Bonchev–Trinajstić information content (AvgIpc) is 2.89. The van der Waals surface area contributed by atoms with Crippen LogP contribution in [0.4, 0.5) is 0 Å². The van der Waals surface area contributed by atoms with Gasteiger partial charge in [-0.2, -0.15) is 0 Å². The molecule has 84 valence electrons. The van der Waals surface area contributed by atoms with Crippen LogP contribution in [0.1, 0.15) is 18.6 Å². The minimum Gasteiger partial charge on any atom is -0.468 e. The van der Waals surface area contributed by atoms with Crippen LogP contribution in [0.5, 0.6) is 0 Å². The van der Waals surface area contributed by atoms with Crippen molar-refractivity contribution in [3.8, 4) is 0 Å². The van der Waals surface area contributed by atoms with Crippen molar-refractivity contribution in [2.75, 3.05) is 20.6 Å². The topological polar surface area (TPSA) is 28.4 Å². The summed E-state index contributed by atoms with van der Waals surface area (Å²) in [5.74, 6) is 1.92. The van der Waals surface area contributed by atoms with Gasteiger partial charge in [0, 0.05) is 12.6 Å². The first-order valence-electron chi connectivity index (χ1n) is 5.67. The van der Waals surface area contributed by atoms with Crippen molar-refractivity contribution in [1.29, 1.82) is 0 Å². The highest BCUT2D eigenvalue weighted by molar-refractivity contribution is 4.98. The Balaban J connectivity index is 1.71. The van der Waals surface area contributed by atoms with Gasteiger partial charge in [-0.1, -0.05) is 0 Å². The molecule has 15 heavy (non-hydrogen) atoms. The number of likely N-dealkylation sites (N-methyl/N-ethyl adjacent to an activating group) is 1. The van der Waals surface area contributed by atoms with Crippen molar-refractivity contribution in [2.24, 2.45) is 5.92 Å². The van der Waals surface area contributed by atoms with Crippen molar-refractivity contribution in [3.05, 3.63) is 24.2 Å². The molecule has 1 aliphatic carbocycles. The van der Waals surface area contributed by atoms with Crippen molar-refractivity contribution in [1.82, 2.24) is 10.2 Å². The van der Waals surface area contributed by atoms with Crippen LogP contribution in [0.25, 0.3) is 0 Å². The summed E-state index contributed by atoms with van der Waals surface area (Å²) in [4.78, 5) is 2.33. The number of nitrogens with one attached hydrogen (secondary N) is 1. The van der Waals surface area contributed by atoms with E-state index in [9.17, 15) is 0 Å². The van der Waals surface area contributed by atoms with Gasteiger partial charge < -0.3 is 14.6 Å². The van der Waals surface area contributed by atoms with E-state index in [-0.39, 0.29) is 0 Å². The van der Waals surface area contributed by atoms with Gasteiger partial charge in [0.2, 0.25) is 0 Å². The second kappa shape index (κ2) is 4.81. The Morgan fingerprint density at radius 2 is 2.33 bits per heavy atom. The lowest BCUT2D eigenvalue weighted by Crippen LogP contribution is -2.39. The maximum Gasteiger partial charge on any atom is 0.117 e. The van der Waals surface area contributed by atoms with Crippen LogP contribution in [0.3, 0.4) is 0 Å². The third-order valence-electron chi connectivity index (χ3n) is 3.06. The lowest BCUT2D eigenvalue weighted by molar-refractivity contribution is 0.253. The minimum absolute atomic E-state index is 0.681. The summed E-state index contributed by atoms with van der Waals surface area (Å²) in [5.41, 5.74) is 0. The van der Waals surface area contributed by atoms with Gasteiger partial charge in [0.25, 0.3) is 0 Å². The Labute approximate surface area is 91.4 Å². The van der Waals surface area contributed by atoms with Crippen molar-refractivity contribution in [2.45, 2.75) is 25.4 Å². The van der Waals surface area contributed by atoms with Crippen LogP contribution >= 0.6 is 0 Å². The smallest absolute Gasteiger partial charge is 0.117 e. The van der Waals surface area contributed by atoms with E-state index < -0.39 is 0 Å². The van der Waals surface area contributed by atoms with E-state index in [4.69, 9.17) is 4.42 Å². The van der Waals surface area contributed by atoms with Crippen LogP contribution in [-0.4, -0.2) is 31.6 Å². The predicted octanol–water partition coefficient (Wildman–Crippen LogP) is 1.71. The van der Waals surface area contributed by atoms with Gasteiger partial charge in [0.05, 0.1) is 12.8 Å². The third kappa shape index (κ3) is 3.08. The van der Waals surface area contributed by atoms with E-state index in [2.05, 4.69) is 24.3 Å². The molecule has 1 heterocycles. The normalized spacial score (nSPS) is 18.3. The summed E-state index contributed by atoms with van der Waals surface area (Å²) in [5, 5.41) is 3.46. The SMILES string of the molecule is CN(C)C(CNCc1ccco1)C1CC1. The highest BCUT2D eigenvalue weighted by Crippen LogP contribution is 2.34. The first kappa shape index (κ1) is 10.7. The minimum atomic E-state index is 0.681. The van der Waals surface area contributed by atoms with Gasteiger partial charge in [-0.3, -0.25) is 0 Å². The average molecular weight is 208 g/mol. The van der Waals surface area contributed by atoms with E-state index in [0.717, 1.165) is 24.8 Å². The summed E-state index contributed by atoms with van der Waals surface area (Å²) in [6, 6.07) is 4.62. The monoisotopic (exact) mass is 208 g/mol. The highest BCUT2D eigenvalue weighted by atomic mass is 16.3. The molecule has 1 atom stereocenters. The fourth-order valence-electron chi connectivity index (χ4n) is 2.01. The van der Waals surface area contributed by atoms with Crippen LogP contribution in [0.2, 0.25) is 0 Å². The molecular weight excluding hydrogens is 188 g/mol. The molecule has 3 nitrogen and oxygen atoms in total. The van der Waals surface area contributed by atoms with Crippen LogP contribution in [-0.2, 0) is 6.54 Å². The summed E-state index contributed by atoms with van der Waals surface area (Å²) in [6.45, 7) is 1.89. The van der Waals surface area contributed by atoms with Crippen LogP contribution in [0, 0.1) is 5.92 Å². The molecule has 0 amide bonds. The van der Waals surface area contributed by atoms with Crippen molar-refractivity contribution < 1.29 is 4.42 Å². The zero-order valence-electron chi connectivity index (χ0n) is 9.57. The zero-order chi connectivity index (χ0) is 10.7. The fraction of sp³-hybridized carbons (Fsp3) is 0.667. The van der Waals surface area contributed by atoms with E-state index >= 15 is 0 Å². The molecule has 3 heteroatoms. The summed E-state index contributed by atoms with van der Waals surface area (Å²) >= 11 is 0. The Morgan fingerprint density at radius 3 is 2.87 bits per heavy atom. The standard InChI is InChI=1S/C12H20N2O/c1-14(2)12(10-5-6-10)9-13-8-11-4-3-7-15-11/h3-4,7,10,12-13H,5-6,8-9H2,1-2H3. The van der Waals surface area contributed by atoms with Crippen LogP contribution < -0.4 is 5.32 Å². The number of furan rings is 1. The molecule has 0 bridgehead atoms. The van der Waals surface area contributed by atoms with E-state index in [0.29, 0.717) is 6.04 Å². The number of hydrogen-bond donors (Lipinski definition) is 1. The summed E-state index contributed by atoms with van der Waals surface area (Å²) in [6.07, 6.45) is 4.51. The zero-order valence-corrected chi connectivity index (χ0v) is 9.57. The molecule has 2 rings (SSSR count). The maximum atomic E-state index is 5.28. The summed E-state index contributed by atoms with van der Waals surface area (Å²) < 4.78 is 5.28. The molecular formula is C12H20N2O. The Bertz CT molecular complexity index is 276. The van der Waals surface area contributed by atoms with Gasteiger partial charge in [-0.25, -0.2) is 0 Å². The largest absolute Gasteiger partial charge is 0.468 e. The quantitative estimate of drug-likeness (QED) is 0.771. The summed E-state index contributed by atoms with van der Waals surface area (Å²) in [7, 11) is 4.33. The third-order valence-corrected chi connectivity index (χ3v) is 3.06. The molecule has 1 aromatic heterocycles. The Morgan fingerprint density at radius 1 is 1.53 bits per heavy atom. The molecule has 1 N–H and O–H groups in total. The van der Waals surface area contributed by atoms with Gasteiger partial charge in [0.1, 0.15) is 5.76 Å². The second-order valence-corrected chi connectivity index (χ2v) is 4.58. The molecule has 1 unspecified atom stereocenters. The van der Waals surface area contributed by atoms with Crippen molar-refractivity contribution in [3.63, 3.8) is 0 Å².